The lowest BCUT2D eigenvalue weighted by Crippen LogP contribution is -2.66. The lowest BCUT2D eigenvalue weighted by Gasteiger charge is -2.43. The minimum absolute atomic E-state index is 0.107. The van der Waals surface area contributed by atoms with Crippen molar-refractivity contribution in [2.45, 2.75) is 191 Å². The first kappa shape index (κ1) is 54.1. The zero-order valence-electron chi connectivity index (χ0n) is 40.4. The van der Waals surface area contributed by atoms with Crippen molar-refractivity contribution in [3.63, 3.8) is 0 Å². The van der Waals surface area contributed by atoms with Gasteiger partial charge in [-0.2, -0.15) is 0 Å². The molecule has 370 valence electrons. The molecule has 0 bridgehead atoms. The summed E-state index contributed by atoms with van der Waals surface area (Å²) in [5, 5.41) is 24.7. The van der Waals surface area contributed by atoms with Gasteiger partial charge >= 0.3 is 11.9 Å². The second-order valence-corrected chi connectivity index (χ2v) is 18.5. The van der Waals surface area contributed by atoms with Crippen LogP contribution in [0, 0.1) is 0 Å². The molecule has 10 nitrogen and oxygen atoms in total. The maximum Gasteiger partial charge on any atom is 0.306 e. The molecular weight excluding hydrogens is 855 g/mol. The Morgan fingerprint density at radius 3 is 1.46 bits per heavy atom. The van der Waals surface area contributed by atoms with Crippen LogP contribution in [-0.4, -0.2) is 71.4 Å². The summed E-state index contributed by atoms with van der Waals surface area (Å²) in [6, 6.07) is 39.8. The van der Waals surface area contributed by atoms with E-state index >= 15 is 0 Å². The fourth-order valence-corrected chi connectivity index (χ4v) is 8.97. The molecule has 1 aliphatic rings. The highest BCUT2D eigenvalue weighted by Gasteiger charge is 2.48. The number of esters is 2. The van der Waals surface area contributed by atoms with Crippen molar-refractivity contribution < 1.29 is 43.5 Å². The topological polar surface area (TPSA) is 141 Å². The highest BCUT2D eigenvalue weighted by molar-refractivity contribution is 5.78. The SMILES string of the molecule is O=C(C[C@H](CCCCCCc1ccccc1)OC(=O)CCCCCCCCc1ccccc1)N[C@H]1[C@H](OCc2ccccc2)O[C@H](CO)[C@@H](O)[C@@H]1OC(=O)CCCCCCCCc1ccccc1. The third kappa shape index (κ3) is 21.6. The fourth-order valence-electron chi connectivity index (χ4n) is 8.97. The number of benzene rings is 4. The number of rotatable bonds is 34. The molecule has 68 heavy (non-hydrogen) atoms. The van der Waals surface area contributed by atoms with E-state index in [0.717, 1.165) is 121 Å². The van der Waals surface area contributed by atoms with Gasteiger partial charge < -0.3 is 34.5 Å². The maximum absolute atomic E-state index is 14.1. The molecule has 0 spiro atoms. The molecule has 0 radical (unpaired) electrons. The number of aryl methyl sites for hydroxylation is 3. The number of amides is 1. The molecular formula is C58H79NO9. The normalized spacial score (nSPS) is 18.4. The van der Waals surface area contributed by atoms with Crippen molar-refractivity contribution in [1.82, 2.24) is 5.32 Å². The summed E-state index contributed by atoms with van der Waals surface area (Å²) in [6.45, 7) is -0.445. The van der Waals surface area contributed by atoms with Gasteiger partial charge in [0.05, 0.1) is 19.6 Å². The molecule has 0 unspecified atom stereocenters. The first-order valence-corrected chi connectivity index (χ1v) is 25.8. The smallest absolute Gasteiger partial charge is 0.306 e. The predicted octanol–water partition coefficient (Wildman–Crippen LogP) is 11.1. The van der Waals surface area contributed by atoms with Gasteiger partial charge in [0.2, 0.25) is 5.91 Å². The zero-order valence-corrected chi connectivity index (χ0v) is 40.4. The van der Waals surface area contributed by atoms with Gasteiger partial charge in [-0.05, 0) is 86.5 Å². The van der Waals surface area contributed by atoms with Crippen LogP contribution in [0.1, 0.15) is 151 Å². The van der Waals surface area contributed by atoms with Crippen molar-refractivity contribution >= 4 is 17.8 Å². The van der Waals surface area contributed by atoms with Crippen LogP contribution in [0.3, 0.4) is 0 Å². The minimum Gasteiger partial charge on any atom is -0.462 e. The van der Waals surface area contributed by atoms with Crippen molar-refractivity contribution in [3.05, 3.63) is 144 Å². The van der Waals surface area contributed by atoms with Crippen LogP contribution in [-0.2, 0) is 59.2 Å². The Bertz CT molecular complexity index is 1930. The molecule has 0 aromatic heterocycles. The number of ether oxygens (including phenoxy) is 4. The number of hydrogen-bond donors (Lipinski definition) is 3. The molecule has 5 rings (SSSR count). The number of hydrogen-bond acceptors (Lipinski definition) is 9. The lowest BCUT2D eigenvalue weighted by atomic mass is 9.96. The van der Waals surface area contributed by atoms with E-state index in [0.29, 0.717) is 12.8 Å². The fraction of sp³-hybridized carbons (Fsp3) is 0.534. The van der Waals surface area contributed by atoms with E-state index < -0.39 is 55.2 Å². The average Bonchev–Trinajstić information content (AvgIpc) is 3.36. The number of aliphatic hydroxyl groups is 2. The Morgan fingerprint density at radius 1 is 0.544 bits per heavy atom. The first-order valence-electron chi connectivity index (χ1n) is 25.8. The molecule has 0 aliphatic carbocycles. The van der Waals surface area contributed by atoms with E-state index in [1.54, 1.807) is 0 Å². The van der Waals surface area contributed by atoms with E-state index in [1.165, 1.54) is 16.7 Å². The van der Waals surface area contributed by atoms with Crippen LogP contribution >= 0.6 is 0 Å². The Balaban J connectivity index is 1.15. The highest BCUT2D eigenvalue weighted by Crippen LogP contribution is 2.27. The van der Waals surface area contributed by atoms with Crippen LogP contribution < -0.4 is 5.32 Å². The number of nitrogens with one attached hydrogen (secondary N) is 1. The maximum atomic E-state index is 14.1. The second-order valence-electron chi connectivity index (χ2n) is 18.5. The standard InChI is InChI=1S/C58H79NO9/c60-44-51-56(64)57(68-54(63)42-28-8-4-2-6-16-30-47-34-20-12-21-35-47)55(58(67-51)65-45-49-38-24-14-25-39-49)59-52(61)43-50(40-26-10-9-17-31-48-36-22-13-23-37-48)66-53(62)41-27-7-3-1-5-15-29-46-32-18-11-19-33-46/h11-14,18-25,32-39,50-51,55-58,60,64H,1-10,15-17,26-31,40-45H2,(H,59,61)/t50-,51+,55+,56+,57+,58+/m0/s1. The van der Waals surface area contributed by atoms with E-state index in [1.807, 2.05) is 48.5 Å². The summed E-state index contributed by atoms with van der Waals surface area (Å²) in [5.74, 6) is -1.28. The number of aliphatic hydroxyl groups excluding tert-OH is 2. The van der Waals surface area contributed by atoms with Crippen LogP contribution in [0.15, 0.2) is 121 Å². The summed E-state index contributed by atoms with van der Waals surface area (Å²) >= 11 is 0. The van der Waals surface area contributed by atoms with Crippen LogP contribution in [0.5, 0.6) is 0 Å². The van der Waals surface area contributed by atoms with Crippen molar-refractivity contribution in [1.29, 1.82) is 0 Å². The van der Waals surface area contributed by atoms with Crippen molar-refractivity contribution in [3.8, 4) is 0 Å². The van der Waals surface area contributed by atoms with E-state index in [-0.39, 0.29) is 31.8 Å². The third-order valence-corrected chi connectivity index (χ3v) is 12.9. The van der Waals surface area contributed by atoms with Gasteiger partial charge in [-0.15, -0.1) is 0 Å². The molecule has 6 atom stereocenters. The van der Waals surface area contributed by atoms with E-state index in [9.17, 15) is 24.6 Å². The first-order chi connectivity index (χ1) is 33.4. The summed E-state index contributed by atoms with van der Waals surface area (Å²) in [7, 11) is 0. The molecule has 4 aromatic carbocycles. The quantitative estimate of drug-likeness (QED) is 0.0308. The molecule has 1 amide bonds. The van der Waals surface area contributed by atoms with Gasteiger partial charge in [0.1, 0.15) is 24.4 Å². The predicted molar refractivity (Wildman–Crippen MR) is 267 cm³/mol. The van der Waals surface area contributed by atoms with Gasteiger partial charge in [0, 0.05) is 12.8 Å². The molecule has 0 saturated carbocycles. The summed E-state index contributed by atoms with van der Waals surface area (Å²) < 4.78 is 24.3. The lowest BCUT2D eigenvalue weighted by molar-refractivity contribution is -0.276. The van der Waals surface area contributed by atoms with Crippen molar-refractivity contribution in [2.24, 2.45) is 0 Å². The van der Waals surface area contributed by atoms with Crippen molar-refractivity contribution in [2.75, 3.05) is 6.61 Å². The zero-order chi connectivity index (χ0) is 47.9. The summed E-state index contributed by atoms with van der Waals surface area (Å²) in [5.41, 5.74) is 4.86. The molecule has 1 heterocycles. The van der Waals surface area contributed by atoms with Crippen LogP contribution in [0.25, 0.3) is 0 Å². The van der Waals surface area contributed by atoms with Gasteiger partial charge in [-0.1, -0.05) is 186 Å². The summed E-state index contributed by atoms with van der Waals surface area (Å²) in [6.07, 6.45) is 14.0. The third-order valence-electron chi connectivity index (χ3n) is 12.9. The number of carbonyl (C=O) groups excluding carboxylic acids is 3. The van der Waals surface area contributed by atoms with Crippen LogP contribution in [0.2, 0.25) is 0 Å². The molecule has 1 saturated heterocycles. The average molecular weight is 934 g/mol. The molecule has 3 N–H and O–H groups in total. The number of carbonyl (C=O) groups is 3. The Labute approximate surface area is 406 Å². The molecule has 4 aromatic rings. The molecule has 1 aliphatic heterocycles. The van der Waals surface area contributed by atoms with Gasteiger partial charge in [0.15, 0.2) is 12.4 Å². The molecule has 10 heteroatoms. The number of unbranched alkanes of at least 4 members (excludes halogenated alkanes) is 13. The van der Waals surface area contributed by atoms with Crippen LogP contribution in [0.4, 0.5) is 0 Å². The Hall–Kier alpha value is -4.87. The Morgan fingerprint density at radius 2 is 0.971 bits per heavy atom. The second kappa shape index (κ2) is 32.8. The largest absolute Gasteiger partial charge is 0.462 e. The minimum atomic E-state index is -1.44. The summed E-state index contributed by atoms with van der Waals surface area (Å²) in [4.78, 5) is 40.8. The molecule has 1 fully saturated rings. The van der Waals surface area contributed by atoms with E-state index in [2.05, 4.69) is 78.1 Å². The highest BCUT2D eigenvalue weighted by atomic mass is 16.7. The Kier molecular flexibility index (Phi) is 26.1. The van der Waals surface area contributed by atoms with Gasteiger partial charge in [-0.3, -0.25) is 14.4 Å². The van der Waals surface area contributed by atoms with E-state index in [4.69, 9.17) is 18.9 Å². The monoisotopic (exact) mass is 934 g/mol. The van der Waals surface area contributed by atoms with Gasteiger partial charge in [-0.25, -0.2) is 0 Å². The van der Waals surface area contributed by atoms with Gasteiger partial charge in [0.25, 0.3) is 0 Å².